The second-order valence-electron chi connectivity index (χ2n) is 8.02. The van der Waals surface area contributed by atoms with Crippen molar-refractivity contribution in [1.82, 2.24) is 10.2 Å². The number of furan rings is 1. The molecule has 132 valence electrons. The summed E-state index contributed by atoms with van der Waals surface area (Å²) in [6.07, 6.45) is 2.99. The molecular weight excluding hydrogens is 300 g/mol. The number of hydrogen-bond acceptors (Lipinski definition) is 3. The van der Waals surface area contributed by atoms with E-state index in [2.05, 4.69) is 45.1 Å². The van der Waals surface area contributed by atoms with E-state index in [9.17, 15) is 4.79 Å². The van der Waals surface area contributed by atoms with Gasteiger partial charge in [0, 0.05) is 17.0 Å². The number of carbonyl (C=O) groups is 1. The van der Waals surface area contributed by atoms with Gasteiger partial charge in [0.2, 0.25) is 5.91 Å². The van der Waals surface area contributed by atoms with Gasteiger partial charge >= 0.3 is 0 Å². The third kappa shape index (κ3) is 4.84. The molecule has 2 rings (SSSR count). The minimum Gasteiger partial charge on any atom is -0.464 e. The highest BCUT2D eigenvalue weighted by Gasteiger charge is 2.26. The van der Waals surface area contributed by atoms with Crippen molar-refractivity contribution < 1.29 is 9.21 Å². The van der Waals surface area contributed by atoms with Crippen LogP contribution >= 0.6 is 0 Å². The average Bonchev–Trinajstić information content (AvgIpc) is 2.84. The van der Waals surface area contributed by atoms with Gasteiger partial charge in [-0.25, -0.2) is 0 Å². The lowest BCUT2D eigenvalue weighted by Crippen LogP contribution is -2.45. The summed E-state index contributed by atoms with van der Waals surface area (Å²) in [5.41, 5.74) is 2.98. The molecule has 1 atom stereocenters. The number of fused-ring (bicyclic) bond motifs is 1. The van der Waals surface area contributed by atoms with E-state index >= 15 is 0 Å². The summed E-state index contributed by atoms with van der Waals surface area (Å²) in [6, 6.07) is 6.23. The molecule has 1 unspecified atom stereocenters. The Kier molecular flexibility index (Phi) is 5.70. The molecule has 0 bridgehead atoms. The normalized spacial score (nSPS) is 13.5. The predicted molar refractivity (Wildman–Crippen MR) is 99.2 cm³/mol. The zero-order valence-corrected chi connectivity index (χ0v) is 15.8. The molecule has 4 nitrogen and oxygen atoms in total. The Morgan fingerprint density at radius 3 is 2.62 bits per heavy atom. The number of rotatable bonds is 6. The van der Waals surface area contributed by atoms with Crippen LogP contribution in [-0.2, 0) is 11.2 Å². The summed E-state index contributed by atoms with van der Waals surface area (Å²) < 4.78 is 5.60. The van der Waals surface area contributed by atoms with E-state index in [0.29, 0.717) is 6.42 Å². The van der Waals surface area contributed by atoms with Crippen LogP contribution in [0.25, 0.3) is 11.0 Å². The molecular formula is C20H30N2O2. The number of carbonyl (C=O) groups excluding carboxylic acids is 1. The maximum atomic E-state index is 12.6. The number of amides is 1. The molecule has 24 heavy (non-hydrogen) atoms. The van der Waals surface area contributed by atoms with E-state index < -0.39 is 0 Å². The van der Waals surface area contributed by atoms with E-state index in [1.807, 2.05) is 25.1 Å². The smallest absolute Gasteiger partial charge is 0.224 e. The van der Waals surface area contributed by atoms with E-state index in [-0.39, 0.29) is 17.4 Å². The van der Waals surface area contributed by atoms with Crippen LogP contribution in [0, 0.1) is 12.3 Å². The van der Waals surface area contributed by atoms with E-state index in [0.717, 1.165) is 35.1 Å². The molecule has 1 heterocycles. The van der Waals surface area contributed by atoms with Crippen molar-refractivity contribution in [3.05, 3.63) is 35.6 Å². The van der Waals surface area contributed by atoms with Crippen molar-refractivity contribution in [2.45, 2.75) is 46.6 Å². The van der Waals surface area contributed by atoms with Crippen LogP contribution in [0.2, 0.25) is 0 Å². The predicted octanol–water partition coefficient (Wildman–Crippen LogP) is 3.77. The Balaban J connectivity index is 2.06. The topological polar surface area (TPSA) is 45.5 Å². The minimum atomic E-state index is 0.0290. The Morgan fingerprint density at radius 1 is 1.29 bits per heavy atom. The fraction of sp³-hybridized carbons (Fsp3) is 0.550. The fourth-order valence-electron chi connectivity index (χ4n) is 2.85. The molecule has 0 aliphatic rings. The molecule has 1 aromatic heterocycles. The first kappa shape index (κ1) is 18.5. The monoisotopic (exact) mass is 330 g/mol. The summed E-state index contributed by atoms with van der Waals surface area (Å²) in [5, 5.41) is 4.24. The van der Waals surface area contributed by atoms with Crippen LogP contribution in [-0.4, -0.2) is 37.5 Å². The van der Waals surface area contributed by atoms with Crippen LogP contribution in [0.4, 0.5) is 0 Å². The Bertz CT molecular complexity index is 695. The van der Waals surface area contributed by atoms with Crippen LogP contribution in [0.1, 0.15) is 38.3 Å². The summed E-state index contributed by atoms with van der Waals surface area (Å²) in [7, 11) is 4.11. The molecule has 1 aromatic carbocycles. The molecule has 1 amide bonds. The standard InChI is InChI=1S/C20H30N2O2/c1-14-7-8-16-15(13-24-17(16)11-14)12-19(23)21-18(20(2,3)4)9-10-22(5)6/h7-8,11,13,18H,9-10,12H2,1-6H3,(H,21,23). The molecule has 0 aliphatic carbocycles. The van der Waals surface area contributed by atoms with Gasteiger partial charge in [-0.1, -0.05) is 32.9 Å². The zero-order valence-electron chi connectivity index (χ0n) is 15.8. The van der Waals surface area contributed by atoms with E-state index in [4.69, 9.17) is 4.42 Å². The van der Waals surface area contributed by atoms with Crippen molar-refractivity contribution in [2.24, 2.45) is 5.41 Å². The molecule has 0 spiro atoms. The number of hydrogen-bond donors (Lipinski definition) is 1. The number of benzene rings is 1. The molecule has 1 N–H and O–H groups in total. The molecule has 2 aromatic rings. The van der Waals surface area contributed by atoms with Crippen molar-refractivity contribution in [3.63, 3.8) is 0 Å². The van der Waals surface area contributed by atoms with Gasteiger partial charge in [-0.15, -0.1) is 0 Å². The lowest BCUT2D eigenvalue weighted by Gasteiger charge is -2.32. The second-order valence-corrected chi connectivity index (χ2v) is 8.02. The highest BCUT2D eigenvalue weighted by atomic mass is 16.3. The van der Waals surface area contributed by atoms with E-state index in [1.54, 1.807) is 6.26 Å². The van der Waals surface area contributed by atoms with E-state index in [1.165, 1.54) is 0 Å². The van der Waals surface area contributed by atoms with Crippen LogP contribution in [0.5, 0.6) is 0 Å². The van der Waals surface area contributed by atoms with Crippen LogP contribution in [0.3, 0.4) is 0 Å². The summed E-state index contributed by atoms with van der Waals surface area (Å²) in [5.74, 6) is 0.0527. The van der Waals surface area contributed by atoms with Crippen LogP contribution in [0.15, 0.2) is 28.9 Å². The second kappa shape index (κ2) is 7.39. The molecule has 0 aliphatic heterocycles. The maximum absolute atomic E-state index is 12.6. The number of nitrogens with zero attached hydrogens (tertiary/aromatic N) is 1. The van der Waals surface area contributed by atoms with Crippen LogP contribution < -0.4 is 5.32 Å². The minimum absolute atomic E-state index is 0.0290. The van der Waals surface area contributed by atoms with Crippen molar-refractivity contribution in [2.75, 3.05) is 20.6 Å². The van der Waals surface area contributed by atoms with Gasteiger partial charge in [-0.05, 0) is 51.0 Å². The fourth-order valence-corrected chi connectivity index (χ4v) is 2.85. The Labute approximate surface area is 145 Å². The van der Waals surface area contributed by atoms with Gasteiger partial charge in [0.05, 0.1) is 12.7 Å². The van der Waals surface area contributed by atoms with Gasteiger partial charge in [0.25, 0.3) is 0 Å². The first-order valence-electron chi connectivity index (χ1n) is 8.57. The summed E-state index contributed by atoms with van der Waals surface area (Å²) in [4.78, 5) is 14.7. The Hall–Kier alpha value is -1.81. The molecule has 0 saturated heterocycles. The number of nitrogens with one attached hydrogen (secondary N) is 1. The molecule has 0 fully saturated rings. The van der Waals surface area contributed by atoms with Gasteiger partial charge in [0.1, 0.15) is 5.58 Å². The van der Waals surface area contributed by atoms with Crippen molar-refractivity contribution >= 4 is 16.9 Å². The largest absolute Gasteiger partial charge is 0.464 e. The summed E-state index contributed by atoms with van der Waals surface area (Å²) in [6.45, 7) is 9.50. The van der Waals surface area contributed by atoms with Gasteiger partial charge < -0.3 is 14.6 Å². The maximum Gasteiger partial charge on any atom is 0.224 e. The highest BCUT2D eigenvalue weighted by molar-refractivity contribution is 5.88. The molecule has 0 saturated carbocycles. The molecule has 0 radical (unpaired) electrons. The lowest BCUT2D eigenvalue weighted by atomic mass is 9.84. The summed E-state index contributed by atoms with van der Waals surface area (Å²) >= 11 is 0. The van der Waals surface area contributed by atoms with Crippen molar-refractivity contribution in [1.29, 1.82) is 0 Å². The third-order valence-electron chi connectivity index (χ3n) is 4.41. The first-order chi connectivity index (χ1) is 11.2. The Morgan fingerprint density at radius 2 is 2.00 bits per heavy atom. The zero-order chi connectivity index (χ0) is 17.9. The van der Waals surface area contributed by atoms with Crippen molar-refractivity contribution in [3.8, 4) is 0 Å². The third-order valence-corrected chi connectivity index (χ3v) is 4.41. The SMILES string of the molecule is Cc1ccc2c(CC(=O)NC(CCN(C)C)C(C)(C)C)coc2c1. The quantitative estimate of drug-likeness (QED) is 0.877. The average molecular weight is 330 g/mol. The van der Waals surface area contributed by atoms with Gasteiger partial charge in [0.15, 0.2) is 0 Å². The van der Waals surface area contributed by atoms with Gasteiger partial charge in [-0.3, -0.25) is 4.79 Å². The highest BCUT2D eigenvalue weighted by Crippen LogP contribution is 2.24. The lowest BCUT2D eigenvalue weighted by molar-refractivity contribution is -0.122. The first-order valence-corrected chi connectivity index (χ1v) is 8.57. The number of aryl methyl sites for hydroxylation is 1. The molecule has 4 heteroatoms. The van der Waals surface area contributed by atoms with Gasteiger partial charge in [-0.2, -0.15) is 0 Å².